The van der Waals surface area contributed by atoms with Gasteiger partial charge in [-0.3, -0.25) is 4.68 Å². The van der Waals surface area contributed by atoms with Gasteiger partial charge in [-0.15, -0.1) is 5.10 Å². The number of aromatic carboxylic acids is 1. The van der Waals surface area contributed by atoms with Crippen molar-refractivity contribution < 1.29 is 14.6 Å². The molecule has 1 heterocycles. The maximum atomic E-state index is 11.1. The molecule has 0 saturated carbocycles. The number of nitrogens with zero attached hydrogens (tertiary/aromatic N) is 3. The predicted molar refractivity (Wildman–Crippen MR) is 63.7 cm³/mol. The first-order valence-electron chi connectivity index (χ1n) is 5.07. The smallest absolute Gasteiger partial charge is 0.341 e. The molecule has 0 spiro atoms. The quantitative estimate of drug-likeness (QED) is 0.913. The van der Waals surface area contributed by atoms with Crippen molar-refractivity contribution >= 4 is 17.6 Å². The fourth-order valence-electron chi connectivity index (χ4n) is 1.45. The van der Waals surface area contributed by atoms with Gasteiger partial charge in [0.2, 0.25) is 0 Å². The predicted octanol–water partition coefficient (Wildman–Crippen LogP) is 1.75. The van der Waals surface area contributed by atoms with Crippen LogP contribution < -0.4 is 4.74 Å². The van der Waals surface area contributed by atoms with Crippen molar-refractivity contribution in [2.24, 2.45) is 7.05 Å². The first kappa shape index (κ1) is 12.4. The highest BCUT2D eigenvalue weighted by Crippen LogP contribution is 2.26. The summed E-state index contributed by atoms with van der Waals surface area (Å²) in [5.74, 6) is -0.921. The summed E-state index contributed by atoms with van der Waals surface area (Å²) in [5, 5.41) is 16.8. The topological polar surface area (TPSA) is 77.2 Å². The molecule has 0 unspecified atom stereocenters. The van der Waals surface area contributed by atoms with Crippen LogP contribution in [0.3, 0.4) is 0 Å². The minimum Gasteiger partial charge on any atom is -0.486 e. The largest absolute Gasteiger partial charge is 0.486 e. The van der Waals surface area contributed by atoms with E-state index in [1.54, 1.807) is 25.4 Å². The van der Waals surface area contributed by atoms with E-state index in [2.05, 4.69) is 10.3 Å². The van der Waals surface area contributed by atoms with Gasteiger partial charge >= 0.3 is 5.97 Å². The molecule has 6 nitrogen and oxygen atoms in total. The zero-order valence-electron chi connectivity index (χ0n) is 9.50. The summed E-state index contributed by atoms with van der Waals surface area (Å²) in [6, 6.07) is 4.67. The fraction of sp³-hybridized carbons (Fsp3) is 0.182. The van der Waals surface area contributed by atoms with Gasteiger partial charge in [-0.2, -0.15) is 0 Å². The molecule has 94 valence electrons. The lowest BCUT2D eigenvalue weighted by Crippen LogP contribution is -2.04. The number of ether oxygens (including phenoxy) is 1. The van der Waals surface area contributed by atoms with E-state index in [0.717, 1.165) is 0 Å². The number of benzene rings is 1. The summed E-state index contributed by atoms with van der Waals surface area (Å²) in [5.41, 5.74) is 0.553. The van der Waals surface area contributed by atoms with Crippen LogP contribution in [0.5, 0.6) is 5.75 Å². The third-order valence-electron chi connectivity index (χ3n) is 2.21. The second-order valence-corrected chi connectivity index (χ2v) is 4.00. The minimum absolute atomic E-state index is 0.0527. The van der Waals surface area contributed by atoms with Crippen molar-refractivity contribution in [2.45, 2.75) is 6.61 Å². The van der Waals surface area contributed by atoms with Crippen molar-refractivity contribution in [1.82, 2.24) is 15.0 Å². The number of carboxylic acid groups (broad SMARTS) is 1. The molecule has 0 aliphatic carbocycles. The van der Waals surface area contributed by atoms with Gasteiger partial charge in [-0.05, 0) is 12.1 Å². The highest BCUT2D eigenvalue weighted by molar-refractivity contribution is 6.33. The maximum absolute atomic E-state index is 11.1. The van der Waals surface area contributed by atoms with E-state index in [4.69, 9.17) is 21.4 Å². The van der Waals surface area contributed by atoms with Crippen molar-refractivity contribution in [1.29, 1.82) is 0 Å². The van der Waals surface area contributed by atoms with E-state index in [-0.39, 0.29) is 22.9 Å². The number of rotatable bonds is 4. The molecule has 2 rings (SSSR count). The Morgan fingerprint density at radius 1 is 1.56 bits per heavy atom. The Bertz CT molecular complexity index is 583. The Morgan fingerprint density at radius 3 is 2.94 bits per heavy atom. The van der Waals surface area contributed by atoms with Crippen molar-refractivity contribution in [2.75, 3.05) is 0 Å². The summed E-state index contributed by atoms with van der Waals surface area (Å²) in [7, 11) is 1.73. The Balaban J connectivity index is 2.19. The highest BCUT2D eigenvalue weighted by Gasteiger charge is 2.15. The maximum Gasteiger partial charge on any atom is 0.341 e. The lowest BCUT2D eigenvalue weighted by Gasteiger charge is -2.08. The molecule has 0 saturated heterocycles. The Labute approximate surface area is 108 Å². The van der Waals surface area contributed by atoms with E-state index in [1.165, 1.54) is 10.7 Å². The number of carboxylic acids is 1. The molecule has 0 bridgehead atoms. The zero-order chi connectivity index (χ0) is 13.1. The molecule has 0 aliphatic heterocycles. The molecule has 18 heavy (non-hydrogen) atoms. The monoisotopic (exact) mass is 267 g/mol. The van der Waals surface area contributed by atoms with Crippen LogP contribution >= 0.6 is 11.6 Å². The van der Waals surface area contributed by atoms with Gasteiger partial charge in [0.15, 0.2) is 0 Å². The first-order valence-corrected chi connectivity index (χ1v) is 5.45. The van der Waals surface area contributed by atoms with Crippen molar-refractivity contribution in [3.8, 4) is 5.75 Å². The van der Waals surface area contributed by atoms with E-state index in [9.17, 15) is 4.79 Å². The average molecular weight is 268 g/mol. The minimum atomic E-state index is -1.13. The van der Waals surface area contributed by atoms with Crippen molar-refractivity contribution in [3.63, 3.8) is 0 Å². The summed E-state index contributed by atoms with van der Waals surface area (Å²) in [6.45, 7) is 0.133. The zero-order valence-corrected chi connectivity index (χ0v) is 10.3. The van der Waals surface area contributed by atoms with E-state index < -0.39 is 5.97 Å². The number of aryl methyl sites for hydroxylation is 1. The second-order valence-electron chi connectivity index (χ2n) is 3.59. The molecular formula is C11H10ClN3O3. The number of halogens is 1. The molecule has 1 aromatic carbocycles. The summed E-state index contributed by atoms with van der Waals surface area (Å²) in [6.07, 6.45) is 1.69. The molecule has 1 N–H and O–H groups in total. The van der Waals surface area contributed by atoms with Crippen LogP contribution in [0.2, 0.25) is 5.02 Å². The number of aromatic nitrogens is 3. The Morgan fingerprint density at radius 2 is 2.33 bits per heavy atom. The Hall–Kier alpha value is -2.08. The lowest BCUT2D eigenvalue weighted by molar-refractivity contribution is 0.0692. The molecular weight excluding hydrogens is 258 g/mol. The molecule has 0 atom stereocenters. The molecule has 0 radical (unpaired) electrons. The van der Waals surface area contributed by atoms with Gasteiger partial charge in [-0.1, -0.05) is 22.9 Å². The van der Waals surface area contributed by atoms with E-state index in [0.29, 0.717) is 5.69 Å². The van der Waals surface area contributed by atoms with Crippen LogP contribution in [-0.2, 0) is 13.7 Å². The van der Waals surface area contributed by atoms with Gasteiger partial charge in [0.25, 0.3) is 0 Å². The molecule has 7 heteroatoms. The third-order valence-corrected chi connectivity index (χ3v) is 2.53. The summed E-state index contributed by atoms with van der Waals surface area (Å²) < 4.78 is 6.93. The van der Waals surface area contributed by atoms with Crippen LogP contribution in [0.1, 0.15) is 16.1 Å². The van der Waals surface area contributed by atoms with E-state index in [1.807, 2.05) is 0 Å². The van der Waals surface area contributed by atoms with Gasteiger partial charge < -0.3 is 9.84 Å². The third kappa shape index (κ3) is 2.60. The van der Waals surface area contributed by atoms with Crippen LogP contribution in [0.4, 0.5) is 0 Å². The standard InChI is InChI=1S/C11H10ClN3O3/c1-15-5-7(13-14-15)6-18-9-4-2-3-8(12)10(9)11(16)17/h2-5H,6H2,1H3,(H,16,17). The number of carbonyl (C=O) groups is 1. The highest BCUT2D eigenvalue weighted by atomic mass is 35.5. The first-order chi connectivity index (χ1) is 8.58. The normalized spacial score (nSPS) is 10.3. The molecule has 0 fully saturated rings. The number of hydrogen-bond acceptors (Lipinski definition) is 4. The second kappa shape index (κ2) is 5.05. The van der Waals surface area contributed by atoms with Gasteiger partial charge in [0.05, 0.1) is 11.2 Å². The van der Waals surface area contributed by atoms with Gasteiger partial charge in [0.1, 0.15) is 23.6 Å². The molecule has 1 aromatic heterocycles. The fourth-order valence-corrected chi connectivity index (χ4v) is 1.69. The summed E-state index contributed by atoms with van der Waals surface area (Å²) in [4.78, 5) is 11.1. The van der Waals surface area contributed by atoms with Gasteiger partial charge in [-0.25, -0.2) is 4.79 Å². The van der Waals surface area contributed by atoms with Crippen molar-refractivity contribution in [3.05, 3.63) is 40.7 Å². The lowest BCUT2D eigenvalue weighted by atomic mass is 10.2. The molecule has 2 aromatic rings. The van der Waals surface area contributed by atoms with Crippen LogP contribution in [-0.4, -0.2) is 26.1 Å². The Kier molecular flexibility index (Phi) is 3.47. The van der Waals surface area contributed by atoms with Gasteiger partial charge in [0, 0.05) is 7.05 Å². The SMILES string of the molecule is Cn1cc(COc2cccc(Cl)c2C(=O)O)nn1. The molecule has 0 amide bonds. The molecule has 0 aliphatic rings. The number of hydrogen-bond donors (Lipinski definition) is 1. The van der Waals surface area contributed by atoms with Crippen LogP contribution in [0, 0.1) is 0 Å². The van der Waals surface area contributed by atoms with Crippen LogP contribution in [0.25, 0.3) is 0 Å². The summed E-state index contributed by atoms with van der Waals surface area (Å²) >= 11 is 5.82. The van der Waals surface area contributed by atoms with Crippen LogP contribution in [0.15, 0.2) is 24.4 Å². The average Bonchev–Trinajstić information content (AvgIpc) is 2.72. The van der Waals surface area contributed by atoms with E-state index >= 15 is 0 Å².